The van der Waals surface area contributed by atoms with Gasteiger partial charge in [0.2, 0.25) is 0 Å². The van der Waals surface area contributed by atoms with Crippen LogP contribution >= 0.6 is 0 Å². The van der Waals surface area contributed by atoms with Crippen LogP contribution in [0.2, 0.25) is 0 Å². The maximum Gasteiger partial charge on any atom is 0.137 e. The third kappa shape index (κ3) is 2.66. The van der Waals surface area contributed by atoms with E-state index in [1.54, 1.807) is 18.7 Å². The highest BCUT2D eigenvalue weighted by Gasteiger charge is 2.06. The molecule has 0 aromatic carbocycles. The standard InChI is InChI=1S/C15H15N5/c1-12(14-4-2-3-7-17-14)19-13-5-6-15(18-10-13)20-9-8-16-11-20/h2-12,19H,1H3. The van der Waals surface area contributed by atoms with Crippen molar-refractivity contribution in [1.82, 2.24) is 19.5 Å². The summed E-state index contributed by atoms with van der Waals surface area (Å²) >= 11 is 0. The molecule has 5 nitrogen and oxygen atoms in total. The molecule has 0 aliphatic carbocycles. The van der Waals surface area contributed by atoms with E-state index in [4.69, 9.17) is 0 Å². The number of imidazole rings is 1. The Hall–Kier alpha value is -2.69. The summed E-state index contributed by atoms with van der Waals surface area (Å²) in [5, 5.41) is 3.38. The van der Waals surface area contributed by atoms with Crippen LogP contribution in [0.5, 0.6) is 0 Å². The van der Waals surface area contributed by atoms with Gasteiger partial charge in [0.25, 0.3) is 0 Å². The Kier molecular flexibility index (Phi) is 3.41. The minimum absolute atomic E-state index is 0.136. The van der Waals surface area contributed by atoms with Gasteiger partial charge in [-0.05, 0) is 31.2 Å². The number of nitrogens with zero attached hydrogens (tertiary/aromatic N) is 4. The Bertz CT molecular complexity index is 647. The quantitative estimate of drug-likeness (QED) is 0.788. The van der Waals surface area contributed by atoms with Crippen LogP contribution in [0.15, 0.2) is 61.4 Å². The topological polar surface area (TPSA) is 55.6 Å². The summed E-state index contributed by atoms with van der Waals surface area (Å²) in [6.45, 7) is 2.08. The van der Waals surface area contributed by atoms with E-state index in [2.05, 4.69) is 27.2 Å². The van der Waals surface area contributed by atoms with Crippen LogP contribution in [-0.2, 0) is 0 Å². The molecular weight excluding hydrogens is 250 g/mol. The first kappa shape index (κ1) is 12.3. The molecule has 0 saturated carbocycles. The van der Waals surface area contributed by atoms with Crippen molar-refractivity contribution in [2.45, 2.75) is 13.0 Å². The molecule has 0 amide bonds. The highest BCUT2D eigenvalue weighted by molar-refractivity contribution is 5.45. The number of rotatable bonds is 4. The van der Waals surface area contributed by atoms with Crippen LogP contribution in [0.4, 0.5) is 5.69 Å². The van der Waals surface area contributed by atoms with Crippen molar-refractivity contribution < 1.29 is 0 Å². The lowest BCUT2D eigenvalue weighted by molar-refractivity contribution is 0.837. The molecule has 0 aliphatic rings. The fourth-order valence-corrected chi connectivity index (χ4v) is 1.97. The molecule has 3 heterocycles. The Labute approximate surface area is 117 Å². The molecule has 0 fully saturated rings. The van der Waals surface area contributed by atoms with Crippen LogP contribution in [-0.4, -0.2) is 19.5 Å². The van der Waals surface area contributed by atoms with Gasteiger partial charge in [0.15, 0.2) is 0 Å². The Morgan fingerprint density at radius 2 is 2.05 bits per heavy atom. The van der Waals surface area contributed by atoms with Crippen molar-refractivity contribution in [2.75, 3.05) is 5.32 Å². The minimum atomic E-state index is 0.136. The lowest BCUT2D eigenvalue weighted by atomic mass is 10.2. The summed E-state index contributed by atoms with van der Waals surface area (Å²) < 4.78 is 1.87. The van der Waals surface area contributed by atoms with Crippen LogP contribution in [0.25, 0.3) is 5.82 Å². The first-order chi connectivity index (χ1) is 9.83. The van der Waals surface area contributed by atoms with Gasteiger partial charge in [-0.2, -0.15) is 0 Å². The SMILES string of the molecule is CC(Nc1ccc(-n2ccnc2)nc1)c1ccccn1. The Balaban J connectivity index is 1.72. The summed E-state index contributed by atoms with van der Waals surface area (Å²) in [7, 11) is 0. The van der Waals surface area contributed by atoms with E-state index in [1.165, 1.54) is 0 Å². The summed E-state index contributed by atoms with van der Waals surface area (Å²) in [4.78, 5) is 12.8. The smallest absolute Gasteiger partial charge is 0.137 e. The van der Waals surface area contributed by atoms with Gasteiger partial charge in [0.05, 0.1) is 23.6 Å². The molecule has 5 heteroatoms. The van der Waals surface area contributed by atoms with Crippen molar-refractivity contribution >= 4 is 5.69 Å². The van der Waals surface area contributed by atoms with Crippen molar-refractivity contribution in [2.24, 2.45) is 0 Å². The highest BCUT2D eigenvalue weighted by atomic mass is 15.1. The lowest BCUT2D eigenvalue weighted by Gasteiger charge is -2.14. The normalized spacial score (nSPS) is 12.1. The van der Waals surface area contributed by atoms with Crippen LogP contribution in [0.1, 0.15) is 18.7 Å². The van der Waals surface area contributed by atoms with Crippen molar-refractivity contribution in [3.8, 4) is 5.82 Å². The second-order valence-corrected chi connectivity index (χ2v) is 4.50. The fourth-order valence-electron chi connectivity index (χ4n) is 1.97. The number of aromatic nitrogens is 4. The zero-order valence-electron chi connectivity index (χ0n) is 11.1. The van der Waals surface area contributed by atoms with E-state index in [9.17, 15) is 0 Å². The summed E-state index contributed by atoms with van der Waals surface area (Å²) in [5.41, 5.74) is 1.97. The van der Waals surface area contributed by atoms with E-state index in [-0.39, 0.29) is 6.04 Å². The van der Waals surface area contributed by atoms with E-state index in [1.807, 2.05) is 47.3 Å². The Morgan fingerprint density at radius 3 is 2.70 bits per heavy atom. The van der Waals surface area contributed by atoms with Gasteiger partial charge in [-0.25, -0.2) is 9.97 Å². The molecular formula is C15H15N5. The first-order valence-electron chi connectivity index (χ1n) is 6.45. The van der Waals surface area contributed by atoms with E-state index in [0.717, 1.165) is 17.2 Å². The molecule has 100 valence electrons. The molecule has 0 saturated heterocycles. The summed E-state index contributed by atoms with van der Waals surface area (Å²) in [5.74, 6) is 0.846. The van der Waals surface area contributed by atoms with Gasteiger partial charge in [0.1, 0.15) is 12.1 Å². The van der Waals surface area contributed by atoms with Crippen LogP contribution in [0.3, 0.4) is 0 Å². The summed E-state index contributed by atoms with van der Waals surface area (Å²) in [6, 6.07) is 10.00. The van der Waals surface area contributed by atoms with Gasteiger partial charge in [0, 0.05) is 18.6 Å². The maximum atomic E-state index is 4.41. The minimum Gasteiger partial charge on any atom is -0.376 e. The predicted molar refractivity (Wildman–Crippen MR) is 77.6 cm³/mol. The number of nitrogens with one attached hydrogen (secondary N) is 1. The molecule has 1 N–H and O–H groups in total. The zero-order valence-corrected chi connectivity index (χ0v) is 11.1. The number of pyridine rings is 2. The van der Waals surface area contributed by atoms with Gasteiger partial charge >= 0.3 is 0 Å². The van der Waals surface area contributed by atoms with E-state index in [0.29, 0.717) is 0 Å². The van der Waals surface area contributed by atoms with Gasteiger partial charge < -0.3 is 5.32 Å². The maximum absolute atomic E-state index is 4.41. The summed E-state index contributed by atoms with van der Waals surface area (Å²) in [6.07, 6.45) is 8.94. The highest BCUT2D eigenvalue weighted by Crippen LogP contribution is 2.17. The fraction of sp³-hybridized carbons (Fsp3) is 0.133. The first-order valence-corrected chi connectivity index (χ1v) is 6.45. The molecule has 20 heavy (non-hydrogen) atoms. The van der Waals surface area contributed by atoms with Crippen LogP contribution in [0, 0.1) is 0 Å². The molecule has 0 aliphatic heterocycles. The number of hydrogen-bond acceptors (Lipinski definition) is 4. The molecule has 0 spiro atoms. The Morgan fingerprint density at radius 1 is 1.10 bits per heavy atom. The molecule has 1 unspecified atom stereocenters. The van der Waals surface area contributed by atoms with Crippen molar-refractivity contribution in [3.63, 3.8) is 0 Å². The molecule has 0 radical (unpaired) electrons. The van der Waals surface area contributed by atoms with Crippen molar-refractivity contribution in [3.05, 3.63) is 67.1 Å². The molecule has 3 rings (SSSR count). The monoisotopic (exact) mass is 265 g/mol. The largest absolute Gasteiger partial charge is 0.376 e. The number of hydrogen-bond donors (Lipinski definition) is 1. The van der Waals surface area contributed by atoms with E-state index < -0.39 is 0 Å². The number of anilines is 1. The van der Waals surface area contributed by atoms with Crippen molar-refractivity contribution in [1.29, 1.82) is 0 Å². The van der Waals surface area contributed by atoms with Gasteiger partial charge in [-0.3, -0.25) is 9.55 Å². The predicted octanol–water partition coefficient (Wildman–Crippen LogP) is 2.84. The average molecular weight is 265 g/mol. The molecule has 3 aromatic heterocycles. The lowest BCUT2D eigenvalue weighted by Crippen LogP contribution is -2.08. The van der Waals surface area contributed by atoms with E-state index >= 15 is 0 Å². The van der Waals surface area contributed by atoms with Gasteiger partial charge in [-0.15, -0.1) is 0 Å². The third-order valence-electron chi connectivity index (χ3n) is 3.03. The zero-order chi connectivity index (χ0) is 13.8. The molecule has 0 bridgehead atoms. The second kappa shape index (κ2) is 5.52. The average Bonchev–Trinajstić information content (AvgIpc) is 3.03. The third-order valence-corrected chi connectivity index (χ3v) is 3.03. The van der Waals surface area contributed by atoms with Crippen LogP contribution < -0.4 is 5.32 Å². The van der Waals surface area contributed by atoms with Gasteiger partial charge in [-0.1, -0.05) is 6.07 Å². The molecule has 3 aromatic rings. The molecule has 1 atom stereocenters. The second-order valence-electron chi connectivity index (χ2n) is 4.50.